The Bertz CT molecular complexity index is 230. The lowest BCUT2D eigenvalue weighted by atomic mass is 9.95. The maximum absolute atomic E-state index is 11.2. The molecular formula is C9H12O3. The van der Waals surface area contributed by atoms with Crippen LogP contribution in [-0.2, 0) is 14.4 Å². The second-order valence-electron chi connectivity index (χ2n) is 3.11. The summed E-state index contributed by atoms with van der Waals surface area (Å²) in [4.78, 5) is 33.4. The Morgan fingerprint density at radius 1 is 1.17 bits per heavy atom. The van der Waals surface area contributed by atoms with Gasteiger partial charge in [0.15, 0.2) is 5.78 Å². The van der Waals surface area contributed by atoms with E-state index in [1.807, 2.05) is 0 Å². The molecule has 1 aliphatic rings. The van der Waals surface area contributed by atoms with Gasteiger partial charge in [-0.05, 0) is 6.42 Å². The van der Waals surface area contributed by atoms with Gasteiger partial charge >= 0.3 is 0 Å². The fourth-order valence-corrected chi connectivity index (χ4v) is 1.48. The van der Waals surface area contributed by atoms with Crippen LogP contribution in [0.5, 0.6) is 0 Å². The molecule has 1 fully saturated rings. The van der Waals surface area contributed by atoms with Crippen molar-refractivity contribution in [3.05, 3.63) is 0 Å². The number of hydrogen-bond donors (Lipinski definition) is 0. The van der Waals surface area contributed by atoms with Crippen molar-refractivity contribution < 1.29 is 14.4 Å². The molecule has 1 saturated carbocycles. The van der Waals surface area contributed by atoms with Crippen LogP contribution in [0.4, 0.5) is 0 Å². The van der Waals surface area contributed by atoms with Gasteiger partial charge in [-0.2, -0.15) is 0 Å². The standard InChI is InChI=1S/C9H12O3/c1-2-7-8(11)4-3-6(10)5-9(7)12/h7H,2-5H2,1H3. The zero-order valence-electron chi connectivity index (χ0n) is 7.13. The number of carbonyl (C=O) groups excluding carboxylic acids is 3. The van der Waals surface area contributed by atoms with Gasteiger partial charge in [-0.1, -0.05) is 6.92 Å². The molecule has 1 atom stereocenters. The van der Waals surface area contributed by atoms with Crippen LogP contribution < -0.4 is 0 Å². The largest absolute Gasteiger partial charge is 0.299 e. The van der Waals surface area contributed by atoms with Crippen molar-refractivity contribution in [2.75, 3.05) is 0 Å². The van der Waals surface area contributed by atoms with Crippen molar-refractivity contribution in [1.82, 2.24) is 0 Å². The van der Waals surface area contributed by atoms with Gasteiger partial charge in [0.25, 0.3) is 0 Å². The summed E-state index contributed by atoms with van der Waals surface area (Å²) in [5.41, 5.74) is 0. The van der Waals surface area contributed by atoms with E-state index in [1.54, 1.807) is 6.92 Å². The highest BCUT2D eigenvalue weighted by molar-refractivity contribution is 6.12. The molecule has 0 bridgehead atoms. The van der Waals surface area contributed by atoms with Crippen LogP contribution in [0, 0.1) is 5.92 Å². The van der Waals surface area contributed by atoms with Crippen LogP contribution in [0.25, 0.3) is 0 Å². The Labute approximate surface area is 71.1 Å². The summed E-state index contributed by atoms with van der Waals surface area (Å²) in [7, 11) is 0. The van der Waals surface area contributed by atoms with Crippen LogP contribution in [-0.4, -0.2) is 17.3 Å². The lowest BCUT2D eigenvalue weighted by Gasteiger charge is -2.06. The molecule has 1 unspecified atom stereocenters. The number of carbonyl (C=O) groups is 3. The predicted octanol–water partition coefficient (Wildman–Crippen LogP) is 0.904. The van der Waals surface area contributed by atoms with E-state index in [4.69, 9.17) is 0 Å². The van der Waals surface area contributed by atoms with Crippen molar-refractivity contribution in [3.63, 3.8) is 0 Å². The number of ketones is 3. The van der Waals surface area contributed by atoms with Gasteiger partial charge in [-0.15, -0.1) is 0 Å². The fraction of sp³-hybridized carbons (Fsp3) is 0.667. The lowest BCUT2D eigenvalue weighted by Crippen LogP contribution is -2.21. The third-order valence-electron chi connectivity index (χ3n) is 2.21. The van der Waals surface area contributed by atoms with Crippen molar-refractivity contribution in [3.8, 4) is 0 Å². The Morgan fingerprint density at radius 2 is 1.83 bits per heavy atom. The minimum atomic E-state index is -0.503. The minimum absolute atomic E-state index is 0.0375. The molecule has 0 radical (unpaired) electrons. The van der Waals surface area contributed by atoms with Gasteiger partial charge in [0, 0.05) is 12.8 Å². The van der Waals surface area contributed by atoms with Crippen molar-refractivity contribution in [2.45, 2.75) is 32.6 Å². The summed E-state index contributed by atoms with van der Waals surface area (Å²) in [6, 6.07) is 0. The van der Waals surface area contributed by atoms with E-state index in [0.29, 0.717) is 6.42 Å². The molecule has 0 spiro atoms. The predicted molar refractivity (Wildman–Crippen MR) is 42.7 cm³/mol. The first kappa shape index (κ1) is 9.10. The number of rotatable bonds is 1. The molecule has 0 aromatic heterocycles. The molecule has 0 heterocycles. The van der Waals surface area contributed by atoms with E-state index in [9.17, 15) is 14.4 Å². The molecule has 0 amide bonds. The summed E-state index contributed by atoms with van der Waals surface area (Å²) >= 11 is 0. The van der Waals surface area contributed by atoms with E-state index in [-0.39, 0.29) is 36.6 Å². The van der Waals surface area contributed by atoms with Crippen LogP contribution in [0.2, 0.25) is 0 Å². The Balaban J connectivity index is 2.78. The smallest absolute Gasteiger partial charge is 0.150 e. The van der Waals surface area contributed by atoms with E-state index in [0.717, 1.165) is 0 Å². The van der Waals surface area contributed by atoms with E-state index >= 15 is 0 Å². The molecule has 0 N–H and O–H groups in total. The monoisotopic (exact) mass is 168 g/mol. The highest BCUT2D eigenvalue weighted by atomic mass is 16.2. The molecule has 0 aromatic carbocycles. The zero-order chi connectivity index (χ0) is 9.14. The van der Waals surface area contributed by atoms with Gasteiger partial charge in [0.2, 0.25) is 0 Å². The number of Topliss-reactive ketones (excluding diaryl/α,β-unsaturated/α-hetero) is 3. The molecule has 1 aliphatic carbocycles. The third-order valence-corrected chi connectivity index (χ3v) is 2.21. The molecule has 1 rings (SSSR count). The molecule has 3 heteroatoms. The zero-order valence-corrected chi connectivity index (χ0v) is 7.13. The normalized spacial score (nSPS) is 25.8. The summed E-state index contributed by atoms with van der Waals surface area (Å²) < 4.78 is 0. The van der Waals surface area contributed by atoms with Crippen LogP contribution in [0.1, 0.15) is 32.6 Å². The molecule has 12 heavy (non-hydrogen) atoms. The topological polar surface area (TPSA) is 51.2 Å². The van der Waals surface area contributed by atoms with Gasteiger partial charge in [-0.25, -0.2) is 0 Å². The van der Waals surface area contributed by atoms with E-state index in [1.165, 1.54) is 0 Å². The van der Waals surface area contributed by atoms with Crippen molar-refractivity contribution in [1.29, 1.82) is 0 Å². The second-order valence-corrected chi connectivity index (χ2v) is 3.11. The first-order valence-corrected chi connectivity index (χ1v) is 4.22. The van der Waals surface area contributed by atoms with Crippen LogP contribution in [0.3, 0.4) is 0 Å². The second kappa shape index (κ2) is 3.61. The summed E-state index contributed by atoms with van der Waals surface area (Å²) in [5, 5.41) is 0. The first-order valence-electron chi connectivity index (χ1n) is 4.22. The molecule has 0 aliphatic heterocycles. The average Bonchev–Trinajstić information content (AvgIpc) is 2.12. The van der Waals surface area contributed by atoms with Crippen molar-refractivity contribution in [2.24, 2.45) is 5.92 Å². The highest BCUT2D eigenvalue weighted by Gasteiger charge is 2.29. The quantitative estimate of drug-likeness (QED) is 0.432. The maximum atomic E-state index is 11.2. The molecule has 0 aromatic rings. The summed E-state index contributed by atoms with van der Waals surface area (Å²) in [5.74, 6) is -0.848. The highest BCUT2D eigenvalue weighted by Crippen LogP contribution is 2.17. The third kappa shape index (κ3) is 1.78. The summed E-state index contributed by atoms with van der Waals surface area (Å²) in [6.07, 6.45) is 0.999. The first-order chi connectivity index (χ1) is 5.65. The average molecular weight is 168 g/mol. The Kier molecular flexibility index (Phi) is 2.74. The molecule has 3 nitrogen and oxygen atoms in total. The summed E-state index contributed by atoms with van der Waals surface area (Å²) in [6.45, 7) is 1.80. The van der Waals surface area contributed by atoms with E-state index in [2.05, 4.69) is 0 Å². The Hall–Kier alpha value is -0.990. The van der Waals surface area contributed by atoms with Gasteiger partial charge in [-0.3, -0.25) is 14.4 Å². The van der Waals surface area contributed by atoms with Gasteiger partial charge in [0.05, 0.1) is 12.3 Å². The molecule has 0 saturated heterocycles. The molecular weight excluding hydrogens is 156 g/mol. The van der Waals surface area contributed by atoms with Gasteiger partial charge in [0.1, 0.15) is 11.6 Å². The SMILES string of the molecule is CCC1C(=O)CCC(=O)CC1=O. The van der Waals surface area contributed by atoms with E-state index < -0.39 is 5.92 Å². The fourth-order valence-electron chi connectivity index (χ4n) is 1.48. The maximum Gasteiger partial charge on any atom is 0.150 e. The van der Waals surface area contributed by atoms with Crippen LogP contribution in [0.15, 0.2) is 0 Å². The number of hydrogen-bond acceptors (Lipinski definition) is 3. The molecule has 66 valence electrons. The lowest BCUT2D eigenvalue weighted by molar-refractivity contribution is -0.132. The minimum Gasteiger partial charge on any atom is -0.299 e. The van der Waals surface area contributed by atoms with Gasteiger partial charge < -0.3 is 0 Å². The van der Waals surface area contributed by atoms with Crippen molar-refractivity contribution >= 4 is 17.3 Å². The Morgan fingerprint density at radius 3 is 2.42 bits per heavy atom. The van der Waals surface area contributed by atoms with Crippen LogP contribution >= 0.6 is 0 Å².